The first kappa shape index (κ1) is 15.2. The lowest BCUT2D eigenvalue weighted by atomic mass is 10.1. The molecule has 0 saturated carbocycles. The molecule has 1 N–H and O–H groups in total. The number of para-hydroxylation sites is 2. The molecular formula is C19H19NO3. The summed E-state index contributed by atoms with van der Waals surface area (Å²) in [7, 11) is 0. The molecule has 23 heavy (non-hydrogen) atoms. The van der Waals surface area contributed by atoms with E-state index in [1.807, 2.05) is 63.2 Å². The topological polar surface area (TPSA) is 51.5 Å². The van der Waals surface area contributed by atoms with E-state index in [2.05, 4.69) is 5.32 Å². The van der Waals surface area contributed by atoms with E-state index in [0.717, 1.165) is 22.1 Å². The van der Waals surface area contributed by atoms with Gasteiger partial charge in [-0.25, -0.2) is 0 Å². The van der Waals surface area contributed by atoms with Crippen LogP contribution < -0.4 is 10.1 Å². The number of hydrogen-bond donors (Lipinski definition) is 1. The Morgan fingerprint density at radius 1 is 1.17 bits per heavy atom. The highest BCUT2D eigenvalue weighted by atomic mass is 16.5. The van der Waals surface area contributed by atoms with Crippen molar-refractivity contribution in [3.63, 3.8) is 0 Å². The van der Waals surface area contributed by atoms with Crippen molar-refractivity contribution in [2.24, 2.45) is 0 Å². The molecular weight excluding hydrogens is 290 g/mol. The Morgan fingerprint density at radius 2 is 1.96 bits per heavy atom. The van der Waals surface area contributed by atoms with E-state index in [1.54, 1.807) is 0 Å². The molecule has 0 aliphatic carbocycles. The fourth-order valence-electron chi connectivity index (χ4n) is 2.58. The maximum absolute atomic E-state index is 12.6. The Hall–Kier alpha value is -2.75. The number of furan rings is 1. The lowest BCUT2D eigenvalue weighted by molar-refractivity contribution is 0.0997. The number of rotatable bonds is 4. The van der Waals surface area contributed by atoms with Crippen LogP contribution in [0.4, 0.5) is 5.69 Å². The lowest BCUT2D eigenvalue weighted by Crippen LogP contribution is -2.13. The van der Waals surface area contributed by atoms with Crippen LogP contribution in [0.2, 0.25) is 0 Å². The highest BCUT2D eigenvalue weighted by molar-refractivity contribution is 6.07. The Morgan fingerprint density at radius 3 is 2.74 bits per heavy atom. The fourth-order valence-corrected chi connectivity index (χ4v) is 2.58. The van der Waals surface area contributed by atoms with Gasteiger partial charge in [0.25, 0.3) is 5.91 Å². The van der Waals surface area contributed by atoms with Gasteiger partial charge < -0.3 is 14.5 Å². The monoisotopic (exact) mass is 309 g/mol. The molecule has 0 radical (unpaired) electrons. The zero-order chi connectivity index (χ0) is 16.4. The second kappa shape index (κ2) is 6.16. The van der Waals surface area contributed by atoms with Gasteiger partial charge in [-0.15, -0.1) is 0 Å². The van der Waals surface area contributed by atoms with E-state index in [-0.39, 0.29) is 5.91 Å². The maximum atomic E-state index is 12.6. The molecule has 118 valence electrons. The Balaban J connectivity index is 1.94. The molecule has 3 rings (SSSR count). The summed E-state index contributed by atoms with van der Waals surface area (Å²) in [6.45, 7) is 6.36. The third kappa shape index (κ3) is 2.93. The first-order valence-electron chi connectivity index (χ1n) is 7.63. The number of aryl methyl sites for hydroxylation is 2. The van der Waals surface area contributed by atoms with Crippen LogP contribution in [0, 0.1) is 13.8 Å². The molecule has 0 unspecified atom stereocenters. The van der Waals surface area contributed by atoms with E-state index in [0.29, 0.717) is 23.8 Å². The van der Waals surface area contributed by atoms with Crippen LogP contribution in [0.5, 0.6) is 5.75 Å². The molecule has 0 saturated heterocycles. The highest BCUT2D eigenvalue weighted by Gasteiger charge is 2.19. The van der Waals surface area contributed by atoms with Crippen LogP contribution in [0.3, 0.4) is 0 Å². The van der Waals surface area contributed by atoms with Gasteiger partial charge in [-0.2, -0.15) is 0 Å². The third-order valence-electron chi connectivity index (χ3n) is 3.73. The highest BCUT2D eigenvalue weighted by Crippen LogP contribution is 2.29. The smallest absolute Gasteiger partial charge is 0.291 e. The Labute approximate surface area is 135 Å². The summed E-state index contributed by atoms with van der Waals surface area (Å²) in [6.07, 6.45) is 0. The van der Waals surface area contributed by atoms with Gasteiger partial charge in [-0.3, -0.25) is 4.79 Å². The number of anilines is 1. The molecule has 0 fully saturated rings. The van der Waals surface area contributed by atoms with Crippen molar-refractivity contribution in [2.45, 2.75) is 20.8 Å². The van der Waals surface area contributed by atoms with Crippen molar-refractivity contribution in [2.75, 3.05) is 11.9 Å². The lowest BCUT2D eigenvalue weighted by Gasteiger charge is -2.10. The molecule has 0 atom stereocenters. The molecule has 3 aromatic rings. The molecule has 0 aliphatic rings. The summed E-state index contributed by atoms with van der Waals surface area (Å²) < 4.78 is 11.3. The third-order valence-corrected chi connectivity index (χ3v) is 3.73. The quantitative estimate of drug-likeness (QED) is 0.760. The van der Waals surface area contributed by atoms with Crippen molar-refractivity contribution in [3.05, 3.63) is 59.4 Å². The average Bonchev–Trinajstić information content (AvgIpc) is 2.86. The molecule has 2 aromatic carbocycles. The summed E-state index contributed by atoms with van der Waals surface area (Å²) in [5.41, 5.74) is 3.33. The normalized spacial score (nSPS) is 10.7. The number of nitrogens with one attached hydrogen (secondary N) is 1. The molecule has 0 bridgehead atoms. The number of fused-ring (bicyclic) bond motifs is 1. The molecule has 4 heteroatoms. The predicted octanol–water partition coefficient (Wildman–Crippen LogP) is 4.70. The van der Waals surface area contributed by atoms with E-state index in [1.165, 1.54) is 0 Å². The molecule has 1 aromatic heterocycles. The number of benzene rings is 2. The molecule has 1 amide bonds. The summed E-state index contributed by atoms with van der Waals surface area (Å²) >= 11 is 0. The number of carbonyl (C=O) groups excluding carboxylic acids is 1. The number of hydrogen-bond acceptors (Lipinski definition) is 3. The maximum Gasteiger partial charge on any atom is 0.291 e. The van der Waals surface area contributed by atoms with Gasteiger partial charge in [-0.05, 0) is 45.0 Å². The van der Waals surface area contributed by atoms with Crippen molar-refractivity contribution in [1.82, 2.24) is 0 Å². The predicted molar refractivity (Wildman–Crippen MR) is 91.3 cm³/mol. The number of ether oxygens (including phenoxy) is 1. The Bertz CT molecular complexity index is 864. The summed E-state index contributed by atoms with van der Waals surface area (Å²) in [5, 5.41) is 3.84. The zero-order valence-electron chi connectivity index (χ0n) is 13.5. The first-order chi connectivity index (χ1) is 11.1. The minimum atomic E-state index is -0.275. The number of amides is 1. The van der Waals surface area contributed by atoms with Crippen molar-refractivity contribution < 1.29 is 13.9 Å². The van der Waals surface area contributed by atoms with E-state index in [4.69, 9.17) is 9.15 Å². The largest absolute Gasteiger partial charge is 0.492 e. The number of carbonyl (C=O) groups is 1. The van der Waals surface area contributed by atoms with E-state index >= 15 is 0 Å². The molecule has 1 heterocycles. The van der Waals surface area contributed by atoms with Gasteiger partial charge >= 0.3 is 0 Å². The first-order valence-corrected chi connectivity index (χ1v) is 7.63. The molecule has 0 spiro atoms. The van der Waals surface area contributed by atoms with Crippen LogP contribution in [0.15, 0.2) is 46.9 Å². The molecule has 0 aliphatic heterocycles. The van der Waals surface area contributed by atoms with Crippen LogP contribution in [0.1, 0.15) is 28.6 Å². The van der Waals surface area contributed by atoms with Crippen LogP contribution in [-0.4, -0.2) is 12.5 Å². The SMILES string of the molecule is CCOc1ccccc1NC(=O)c1oc2ccc(C)cc2c1C. The second-order valence-electron chi connectivity index (χ2n) is 5.44. The fraction of sp³-hybridized carbons (Fsp3) is 0.211. The van der Waals surface area contributed by atoms with Gasteiger partial charge in [0.05, 0.1) is 12.3 Å². The minimum absolute atomic E-state index is 0.275. The minimum Gasteiger partial charge on any atom is -0.492 e. The van der Waals surface area contributed by atoms with Crippen molar-refractivity contribution in [3.8, 4) is 5.75 Å². The van der Waals surface area contributed by atoms with Gasteiger partial charge in [0.1, 0.15) is 11.3 Å². The summed E-state index contributed by atoms with van der Waals surface area (Å²) in [6, 6.07) is 13.3. The van der Waals surface area contributed by atoms with Gasteiger partial charge in [0, 0.05) is 10.9 Å². The standard InChI is InChI=1S/C19H19NO3/c1-4-22-17-8-6-5-7-15(17)20-19(21)18-13(3)14-11-12(2)9-10-16(14)23-18/h5-11H,4H2,1-3H3,(H,20,21). The van der Waals surface area contributed by atoms with Gasteiger partial charge in [0.15, 0.2) is 5.76 Å². The van der Waals surface area contributed by atoms with Crippen molar-refractivity contribution in [1.29, 1.82) is 0 Å². The van der Waals surface area contributed by atoms with Crippen LogP contribution >= 0.6 is 0 Å². The zero-order valence-corrected chi connectivity index (χ0v) is 13.5. The average molecular weight is 309 g/mol. The van der Waals surface area contributed by atoms with Gasteiger partial charge in [-0.1, -0.05) is 23.8 Å². The van der Waals surface area contributed by atoms with Crippen LogP contribution in [-0.2, 0) is 0 Å². The van der Waals surface area contributed by atoms with Gasteiger partial charge in [0.2, 0.25) is 0 Å². The van der Waals surface area contributed by atoms with E-state index < -0.39 is 0 Å². The van der Waals surface area contributed by atoms with Crippen LogP contribution in [0.25, 0.3) is 11.0 Å². The second-order valence-corrected chi connectivity index (χ2v) is 5.44. The Kier molecular flexibility index (Phi) is 4.06. The van der Waals surface area contributed by atoms with E-state index in [9.17, 15) is 4.79 Å². The summed E-state index contributed by atoms with van der Waals surface area (Å²) in [4.78, 5) is 12.6. The van der Waals surface area contributed by atoms with Crippen molar-refractivity contribution >= 4 is 22.6 Å². The molecule has 4 nitrogen and oxygen atoms in total. The summed E-state index contributed by atoms with van der Waals surface area (Å²) in [5.74, 6) is 0.702.